The molecule has 6 nitrogen and oxygen atoms in total. The molecule has 0 aliphatic rings. The Balaban J connectivity index is 1.87. The van der Waals surface area contributed by atoms with Gasteiger partial charge in [0.15, 0.2) is 0 Å². The number of carbonyl (C=O) groups excluding carboxylic acids is 1. The van der Waals surface area contributed by atoms with Crippen molar-refractivity contribution >= 4 is 44.2 Å². The Kier molecular flexibility index (Phi) is 5.18. The number of nitrogens with one attached hydrogen (secondary N) is 2. The molecule has 3 rings (SSSR count). The molecule has 28 heavy (non-hydrogen) atoms. The smallest absolute Gasteiger partial charge is 0.306 e. The minimum atomic E-state index is -4.77. The number of nitrogens with zero attached hydrogens (tertiary/aromatic N) is 1. The summed E-state index contributed by atoms with van der Waals surface area (Å²) in [6.45, 7) is 0. The molecule has 0 saturated carbocycles. The average molecular weight is 430 g/mol. The van der Waals surface area contributed by atoms with Gasteiger partial charge in [-0.2, -0.15) is 13.2 Å². The monoisotopic (exact) mass is 429 g/mol. The zero-order valence-corrected chi connectivity index (χ0v) is 15.4. The van der Waals surface area contributed by atoms with E-state index >= 15 is 0 Å². The van der Waals surface area contributed by atoms with Crippen LogP contribution in [-0.4, -0.2) is 19.4 Å². The van der Waals surface area contributed by atoms with Gasteiger partial charge in [0.2, 0.25) is 0 Å². The minimum Gasteiger partial charge on any atom is -0.306 e. The summed E-state index contributed by atoms with van der Waals surface area (Å²) in [4.78, 5) is 15.4. The number of aromatic nitrogens is 1. The number of amides is 2. The molecular formula is C17H11ClF3N3O3S. The fourth-order valence-corrected chi connectivity index (χ4v) is 3.86. The number of anilines is 1. The lowest BCUT2D eigenvalue weighted by atomic mass is 10.2. The van der Waals surface area contributed by atoms with Crippen molar-refractivity contribution in [2.45, 2.75) is 11.1 Å². The van der Waals surface area contributed by atoms with Crippen LogP contribution < -0.4 is 10.0 Å². The maximum atomic E-state index is 12.8. The number of pyridine rings is 1. The van der Waals surface area contributed by atoms with E-state index in [1.54, 1.807) is 35.2 Å². The summed E-state index contributed by atoms with van der Waals surface area (Å²) < 4.78 is 64.9. The van der Waals surface area contributed by atoms with Gasteiger partial charge in [-0.3, -0.25) is 4.98 Å². The average Bonchev–Trinajstić information content (AvgIpc) is 2.60. The second-order valence-corrected chi connectivity index (χ2v) is 7.64. The normalized spacial score (nSPS) is 12.0. The largest absolute Gasteiger partial charge is 0.416 e. The molecule has 1 aromatic heterocycles. The number of hydrogen-bond donors (Lipinski definition) is 2. The van der Waals surface area contributed by atoms with Crippen molar-refractivity contribution in [1.29, 1.82) is 0 Å². The topological polar surface area (TPSA) is 88.2 Å². The molecule has 0 bridgehead atoms. The van der Waals surface area contributed by atoms with Crippen LogP contribution >= 0.6 is 11.6 Å². The van der Waals surface area contributed by atoms with Crippen molar-refractivity contribution in [2.24, 2.45) is 0 Å². The van der Waals surface area contributed by atoms with Crippen LogP contribution in [0.2, 0.25) is 5.02 Å². The Morgan fingerprint density at radius 2 is 1.82 bits per heavy atom. The van der Waals surface area contributed by atoms with Crippen LogP contribution in [0.5, 0.6) is 0 Å². The molecule has 2 N–H and O–H groups in total. The van der Waals surface area contributed by atoms with Gasteiger partial charge in [-0.25, -0.2) is 17.9 Å². The fraction of sp³-hybridized carbons (Fsp3) is 0.0588. The molecule has 2 amide bonds. The number of rotatable bonds is 3. The van der Waals surface area contributed by atoms with Gasteiger partial charge >= 0.3 is 12.2 Å². The highest BCUT2D eigenvalue weighted by molar-refractivity contribution is 7.90. The van der Waals surface area contributed by atoms with Crippen molar-refractivity contribution < 1.29 is 26.4 Å². The number of urea groups is 1. The summed E-state index contributed by atoms with van der Waals surface area (Å²) in [5.74, 6) is 0. The van der Waals surface area contributed by atoms with Crippen LogP contribution in [0.1, 0.15) is 5.56 Å². The Morgan fingerprint density at radius 3 is 2.54 bits per heavy atom. The van der Waals surface area contributed by atoms with E-state index in [1.807, 2.05) is 0 Å². The van der Waals surface area contributed by atoms with Crippen molar-refractivity contribution in [1.82, 2.24) is 9.71 Å². The lowest BCUT2D eigenvalue weighted by Gasteiger charge is -2.13. The number of hydrogen-bond acceptors (Lipinski definition) is 4. The van der Waals surface area contributed by atoms with Gasteiger partial charge in [0.1, 0.15) is 4.90 Å². The van der Waals surface area contributed by atoms with Crippen molar-refractivity contribution in [3.8, 4) is 0 Å². The first kappa shape index (κ1) is 19.9. The Hall–Kier alpha value is -2.85. The van der Waals surface area contributed by atoms with Gasteiger partial charge in [-0.15, -0.1) is 0 Å². The predicted octanol–water partition coefficient (Wildman–Crippen LogP) is 4.42. The lowest BCUT2D eigenvalue weighted by molar-refractivity contribution is -0.137. The zero-order chi connectivity index (χ0) is 20.5. The number of alkyl halides is 3. The van der Waals surface area contributed by atoms with Crippen LogP contribution in [0, 0.1) is 0 Å². The van der Waals surface area contributed by atoms with E-state index in [-0.39, 0.29) is 5.69 Å². The maximum Gasteiger partial charge on any atom is 0.416 e. The third kappa shape index (κ3) is 4.18. The summed E-state index contributed by atoms with van der Waals surface area (Å²) in [7, 11) is -4.66. The number of carbonyl (C=O) groups is 1. The van der Waals surface area contributed by atoms with E-state index < -0.39 is 37.7 Å². The van der Waals surface area contributed by atoms with E-state index in [0.717, 1.165) is 6.07 Å². The van der Waals surface area contributed by atoms with Gasteiger partial charge in [0.25, 0.3) is 10.0 Å². The van der Waals surface area contributed by atoms with E-state index in [1.165, 1.54) is 6.07 Å². The summed E-state index contributed by atoms with van der Waals surface area (Å²) >= 11 is 5.73. The summed E-state index contributed by atoms with van der Waals surface area (Å²) in [6, 6.07) is 8.75. The number of sulfonamides is 1. The second-order valence-electron chi connectivity index (χ2n) is 5.58. The molecule has 0 spiro atoms. The predicted molar refractivity (Wildman–Crippen MR) is 97.5 cm³/mol. The molecule has 146 valence electrons. The molecule has 3 aromatic rings. The Bertz CT molecular complexity index is 1160. The highest BCUT2D eigenvalue weighted by Crippen LogP contribution is 2.33. The third-order valence-electron chi connectivity index (χ3n) is 3.67. The molecule has 1 heterocycles. The van der Waals surface area contributed by atoms with E-state index in [4.69, 9.17) is 11.6 Å². The summed E-state index contributed by atoms with van der Waals surface area (Å²) in [5, 5.41) is 2.44. The van der Waals surface area contributed by atoms with E-state index in [0.29, 0.717) is 23.0 Å². The van der Waals surface area contributed by atoms with Crippen LogP contribution in [0.3, 0.4) is 0 Å². The van der Waals surface area contributed by atoms with Gasteiger partial charge in [0.05, 0.1) is 21.8 Å². The Morgan fingerprint density at radius 1 is 1.07 bits per heavy atom. The van der Waals surface area contributed by atoms with E-state index in [9.17, 15) is 26.4 Å². The minimum absolute atomic E-state index is 0.272. The maximum absolute atomic E-state index is 12.8. The second kappa shape index (κ2) is 7.28. The molecule has 0 saturated heterocycles. The van der Waals surface area contributed by atoms with Gasteiger partial charge in [-0.1, -0.05) is 17.7 Å². The van der Waals surface area contributed by atoms with Crippen LogP contribution in [0.15, 0.2) is 59.6 Å². The van der Waals surface area contributed by atoms with Crippen LogP contribution in [0.4, 0.5) is 23.7 Å². The highest BCUT2D eigenvalue weighted by Gasteiger charge is 2.33. The lowest BCUT2D eigenvalue weighted by Crippen LogP contribution is -2.34. The summed E-state index contributed by atoms with van der Waals surface area (Å²) in [6.07, 6.45) is -3.22. The summed E-state index contributed by atoms with van der Waals surface area (Å²) in [5.41, 5.74) is -0.379. The highest BCUT2D eigenvalue weighted by atomic mass is 35.5. The molecule has 2 aromatic carbocycles. The third-order valence-corrected chi connectivity index (χ3v) is 5.48. The van der Waals surface area contributed by atoms with Crippen molar-refractivity contribution in [3.63, 3.8) is 0 Å². The number of halogens is 4. The molecule has 11 heteroatoms. The molecule has 0 aliphatic carbocycles. The Labute approximate surface area is 162 Å². The molecular weight excluding hydrogens is 419 g/mol. The molecule has 0 unspecified atom stereocenters. The standard InChI is InChI=1S/C17H11ClF3N3O3S/c18-12-7-6-10(17(19,20)21)9-15(12)28(26,27)24-16(25)23-14-5-1-4-13-11(14)3-2-8-22-13/h1-9H,(H2,23,24,25). The van der Waals surface area contributed by atoms with Crippen molar-refractivity contribution in [3.05, 3.63) is 65.3 Å². The SMILES string of the molecule is O=C(Nc1cccc2ncccc12)NS(=O)(=O)c1cc(C(F)(F)F)ccc1Cl. The molecule has 0 atom stereocenters. The van der Waals surface area contributed by atoms with Gasteiger partial charge in [0, 0.05) is 11.6 Å². The van der Waals surface area contributed by atoms with Crippen molar-refractivity contribution in [2.75, 3.05) is 5.32 Å². The number of benzene rings is 2. The first-order valence-corrected chi connectivity index (χ1v) is 9.48. The first-order chi connectivity index (χ1) is 13.1. The van der Waals surface area contributed by atoms with E-state index in [2.05, 4.69) is 10.3 Å². The van der Waals surface area contributed by atoms with Gasteiger partial charge < -0.3 is 5.32 Å². The van der Waals surface area contributed by atoms with Crippen LogP contribution in [-0.2, 0) is 16.2 Å². The quantitative estimate of drug-likeness (QED) is 0.645. The molecule has 0 radical (unpaired) electrons. The molecule has 0 fully saturated rings. The number of fused-ring (bicyclic) bond motifs is 1. The first-order valence-electron chi connectivity index (χ1n) is 7.62. The van der Waals surface area contributed by atoms with Gasteiger partial charge in [-0.05, 0) is 42.5 Å². The fourth-order valence-electron chi connectivity index (χ4n) is 2.42. The zero-order valence-electron chi connectivity index (χ0n) is 13.8. The molecule has 0 aliphatic heterocycles. The van der Waals surface area contributed by atoms with Crippen LogP contribution in [0.25, 0.3) is 10.9 Å².